The zero-order valence-corrected chi connectivity index (χ0v) is 13.8. The molecule has 1 aromatic rings. The number of ether oxygens (including phenoxy) is 2. The Morgan fingerprint density at radius 3 is 2.50 bits per heavy atom. The van der Waals surface area contributed by atoms with Gasteiger partial charge in [0.1, 0.15) is 6.61 Å². The third kappa shape index (κ3) is 5.30. The molecule has 0 spiro atoms. The summed E-state index contributed by atoms with van der Waals surface area (Å²) in [5.41, 5.74) is 0.460. The summed E-state index contributed by atoms with van der Waals surface area (Å²) in [7, 11) is 0. The average Bonchev–Trinajstić information content (AvgIpc) is 2.51. The molecule has 2 heterocycles. The van der Waals surface area contributed by atoms with Crippen LogP contribution in [0.3, 0.4) is 0 Å². The monoisotopic (exact) mass is 306 g/mol. The second kappa shape index (κ2) is 7.58. The van der Waals surface area contributed by atoms with Crippen molar-refractivity contribution in [3.8, 4) is 5.88 Å². The van der Waals surface area contributed by atoms with Gasteiger partial charge in [-0.3, -0.25) is 4.79 Å². The molecule has 1 fully saturated rings. The molecule has 0 atom stereocenters. The van der Waals surface area contributed by atoms with Crippen molar-refractivity contribution in [1.29, 1.82) is 0 Å². The molecule has 122 valence electrons. The zero-order chi connectivity index (χ0) is 16.0. The number of piperidine rings is 1. The Bertz CT molecular complexity index is 474. The van der Waals surface area contributed by atoms with E-state index in [1.165, 1.54) is 6.42 Å². The lowest BCUT2D eigenvalue weighted by molar-refractivity contribution is -0.0168. The molecule has 1 aliphatic heterocycles. The minimum absolute atomic E-state index is 0.0646. The first-order valence-corrected chi connectivity index (χ1v) is 7.98. The fourth-order valence-corrected chi connectivity index (χ4v) is 2.37. The van der Waals surface area contributed by atoms with E-state index in [9.17, 15) is 4.79 Å². The van der Waals surface area contributed by atoms with Crippen LogP contribution >= 0.6 is 0 Å². The molecule has 0 unspecified atom stereocenters. The third-order valence-corrected chi connectivity index (χ3v) is 3.49. The highest BCUT2D eigenvalue weighted by atomic mass is 16.5. The number of hydrogen-bond donors (Lipinski definition) is 0. The Morgan fingerprint density at radius 2 is 1.91 bits per heavy atom. The Balaban J connectivity index is 1.81. The van der Waals surface area contributed by atoms with Gasteiger partial charge in [-0.15, -0.1) is 0 Å². The normalized spacial score (nSPS) is 15.7. The van der Waals surface area contributed by atoms with Gasteiger partial charge >= 0.3 is 0 Å². The zero-order valence-electron chi connectivity index (χ0n) is 13.8. The van der Waals surface area contributed by atoms with Crippen LogP contribution in [0.5, 0.6) is 5.88 Å². The summed E-state index contributed by atoms with van der Waals surface area (Å²) in [5.74, 6) is 0.586. The Morgan fingerprint density at radius 1 is 1.18 bits per heavy atom. The molecule has 1 saturated heterocycles. The molecular weight excluding hydrogens is 280 g/mol. The summed E-state index contributed by atoms with van der Waals surface area (Å²) in [4.78, 5) is 18.4. The molecule has 2 rings (SSSR count). The Hall–Kier alpha value is -1.62. The summed E-state index contributed by atoms with van der Waals surface area (Å²) >= 11 is 0. The first-order chi connectivity index (χ1) is 10.5. The van der Waals surface area contributed by atoms with Crippen LogP contribution < -0.4 is 4.74 Å². The number of likely N-dealkylation sites (tertiary alicyclic amines) is 1. The van der Waals surface area contributed by atoms with Crippen molar-refractivity contribution < 1.29 is 14.3 Å². The lowest BCUT2D eigenvalue weighted by atomic mass is 10.1. The smallest absolute Gasteiger partial charge is 0.255 e. The molecule has 22 heavy (non-hydrogen) atoms. The highest BCUT2D eigenvalue weighted by molar-refractivity contribution is 5.94. The standard InChI is InChI=1S/C17H26N2O3/c1-17(2,3)22-12-11-21-15-8-7-14(13-18-15)16(20)19-9-5-4-6-10-19/h7-8,13H,4-6,9-12H2,1-3H3. The molecule has 5 heteroatoms. The van der Waals surface area contributed by atoms with E-state index >= 15 is 0 Å². The molecule has 0 aromatic carbocycles. The van der Waals surface area contributed by atoms with E-state index in [0.29, 0.717) is 24.7 Å². The van der Waals surface area contributed by atoms with Crippen molar-refractivity contribution in [2.24, 2.45) is 0 Å². The quantitative estimate of drug-likeness (QED) is 0.785. The van der Waals surface area contributed by atoms with Crippen molar-refractivity contribution in [1.82, 2.24) is 9.88 Å². The minimum Gasteiger partial charge on any atom is -0.475 e. The summed E-state index contributed by atoms with van der Waals surface area (Å²) in [5, 5.41) is 0. The Kier molecular flexibility index (Phi) is 5.77. The largest absolute Gasteiger partial charge is 0.475 e. The van der Waals surface area contributed by atoms with Crippen molar-refractivity contribution >= 4 is 5.91 Å². The lowest BCUT2D eigenvalue weighted by Gasteiger charge is -2.26. The second-order valence-electron chi connectivity index (χ2n) is 6.55. The maximum atomic E-state index is 12.3. The number of carbonyl (C=O) groups is 1. The van der Waals surface area contributed by atoms with E-state index in [-0.39, 0.29) is 11.5 Å². The van der Waals surface area contributed by atoms with Crippen LogP contribution in [0.4, 0.5) is 0 Å². The fraction of sp³-hybridized carbons (Fsp3) is 0.647. The van der Waals surface area contributed by atoms with Gasteiger partial charge in [-0.05, 0) is 46.1 Å². The van der Waals surface area contributed by atoms with Crippen molar-refractivity contribution in [3.05, 3.63) is 23.9 Å². The van der Waals surface area contributed by atoms with Gasteiger partial charge in [-0.2, -0.15) is 0 Å². The predicted molar refractivity (Wildman–Crippen MR) is 85.2 cm³/mol. The van der Waals surface area contributed by atoms with E-state index in [1.807, 2.05) is 25.7 Å². The van der Waals surface area contributed by atoms with Gasteiger partial charge in [0.25, 0.3) is 5.91 Å². The van der Waals surface area contributed by atoms with Crippen LogP contribution in [0.25, 0.3) is 0 Å². The maximum absolute atomic E-state index is 12.3. The average molecular weight is 306 g/mol. The van der Waals surface area contributed by atoms with Crippen LogP contribution in [0.15, 0.2) is 18.3 Å². The highest BCUT2D eigenvalue weighted by Crippen LogP contribution is 2.14. The molecule has 0 saturated carbocycles. The van der Waals surface area contributed by atoms with E-state index in [0.717, 1.165) is 25.9 Å². The first kappa shape index (κ1) is 16.7. The number of hydrogen-bond acceptors (Lipinski definition) is 4. The number of aromatic nitrogens is 1. The molecule has 0 radical (unpaired) electrons. The molecule has 0 bridgehead atoms. The summed E-state index contributed by atoms with van der Waals surface area (Å²) in [6, 6.07) is 3.53. The van der Waals surface area contributed by atoms with Gasteiger partial charge in [0, 0.05) is 25.4 Å². The van der Waals surface area contributed by atoms with Crippen molar-refractivity contribution in [3.63, 3.8) is 0 Å². The highest BCUT2D eigenvalue weighted by Gasteiger charge is 2.18. The molecule has 1 aromatic heterocycles. The summed E-state index contributed by atoms with van der Waals surface area (Å²) in [6.45, 7) is 8.68. The Labute approximate surface area is 132 Å². The van der Waals surface area contributed by atoms with Crippen LogP contribution in [-0.4, -0.2) is 47.7 Å². The van der Waals surface area contributed by atoms with Crippen LogP contribution in [0.1, 0.15) is 50.4 Å². The second-order valence-corrected chi connectivity index (χ2v) is 6.55. The SMILES string of the molecule is CC(C)(C)OCCOc1ccc(C(=O)N2CCCCC2)cn1. The number of carbonyl (C=O) groups excluding carboxylic acids is 1. The van der Waals surface area contributed by atoms with Crippen LogP contribution in [0, 0.1) is 0 Å². The molecule has 5 nitrogen and oxygen atoms in total. The van der Waals surface area contributed by atoms with E-state index in [1.54, 1.807) is 18.3 Å². The van der Waals surface area contributed by atoms with Gasteiger partial charge in [-0.1, -0.05) is 0 Å². The van der Waals surface area contributed by atoms with Gasteiger partial charge in [0.15, 0.2) is 0 Å². The van der Waals surface area contributed by atoms with Crippen molar-refractivity contribution in [2.45, 2.75) is 45.6 Å². The van der Waals surface area contributed by atoms with E-state index in [4.69, 9.17) is 9.47 Å². The fourth-order valence-electron chi connectivity index (χ4n) is 2.37. The number of amides is 1. The van der Waals surface area contributed by atoms with Gasteiger partial charge < -0.3 is 14.4 Å². The topological polar surface area (TPSA) is 51.7 Å². The minimum atomic E-state index is -0.165. The van der Waals surface area contributed by atoms with Gasteiger partial charge in [0.05, 0.1) is 17.8 Å². The van der Waals surface area contributed by atoms with Crippen molar-refractivity contribution in [2.75, 3.05) is 26.3 Å². The maximum Gasteiger partial charge on any atom is 0.255 e. The molecular formula is C17H26N2O3. The van der Waals surface area contributed by atoms with Crippen LogP contribution in [0.2, 0.25) is 0 Å². The first-order valence-electron chi connectivity index (χ1n) is 7.98. The number of nitrogens with zero attached hydrogens (tertiary/aromatic N) is 2. The van der Waals surface area contributed by atoms with Crippen LogP contribution in [-0.2, 0) is 4.74 Å². The molecule has 1 aliphatic rings. The number of pyridine rings is 1. The lowest BCUT2D eigenvalue weighted by Crippen LogP contribution is -2.35. The van der Waals surface area contributed by atoms with E-state index < -0.39 is 0 Å². The third-order valence-electron chi connectivity index (χ3n) is 3.49. The summed E-state index contributed by atoms with van der Waals surface area (Å²) in [6.07, 6.45) is 4.99. The molecule has 0 N–H and O–H groups in total. The predicted octanol–water partition coefficient (Wildman–Crippen LogP) is 2.90. The van der Waals surface area contributed by atoms with E-state index in [2.05, 4.69) is 4.98 Å². The number of rotatable bonds is 5. The van der Waals surface area contributed by atoms with Gasteiger partial charge in [-0.25, -0.2) is 4.98 Å². The molecule has 1 amide bonds. The van der Waals surface area contributed by atoms with Gasteiger partial charge in [0.2, 0.25) is 5.88 Å². The summed E-state index contributed by atoms with van der Waals surface area (Å²) < 4.78 is 11.1. The molecule has 0 aliphatic carbocycles.